The molecule has 13 heteroatoms. The lowest BCUT2D eigenvalue weighted by molar-refractivity contribution is -0.124. The summed E-state index contributed by atoms with van der Waals surface area (Å²) in [5, 5.41) is 23.6. The van der Waals surface area contributed by atoms with Gasteiger partial charge in [0.25, 0.3) is 0 Å². The lowest BCUT2D eigenvalue weighted by atomic mass is 10.0. The van der Waals surface area contributed by atoms with E-state index in [1.54, 1.807) is 28.7 Å². The molecule has 190 valence electrons. The number of carbonyl (C=O) groups excluding carboxylic acids is 1. The van der Waals surface area contributed by atoms with Crippen LogP contribution < -0.4 is 20.7 Å². The Morgan fingerprint density at radius 2 is 2.00 bits per heavy atom. The van der Waals surface area contributed by atoms with Gasteiger partial charge in [0, 0.05) is 14.1 Å². The molecule has 12 nitrogen and oxygen atoms in total. The molecule has 1 amide bonds. The summed E-state index contributed by atoms with van der Waals surface area (Å²) in [7, 11) is 5.25. The Hall–Kier alpha value is -3.03. The molecule has 1 aliphatic heterocycles. The second kappa shape index (κ2) is 11.1. The Labute approximate surface area is 208 Å². The van der Waals surface area contributed by atoms with Crippen LogP contribution in [0.25, 0.3) is 11.2 Å². The third kappa shape index (κ3) is 5.31. The second-order valence-electron chi connectivity index (χ2n) is 8.35. The standard InChI is InChI=1S/C22H29N7O5.ClH/c1-28(2)19-17-20(25-10-24-19)29(11-26-17)22-18(31)16(15(9-30)34-22)27-21(32)14(23)8-12-4-6-13(33-3)7-5-12;/h4-7,10-11,14-16,18,22,30-31H,8-9,23H2,1-3H3,(H,27,32);1H/t14-,15+,16?,18-,22+;/m0./s1. The normalized spacial score (nSPS) is 22.5. The number of nitrogens with two attached hydrogens (primary N) is 1. The number of ether oxygens (including phenoxy) is 2. The van der Waals surface area contributed by atoms with Crippen molar-refractivity contribution in [2.45, 2.75) is 36.9 Å². The third-order valence-electron chi connectivity index (χ3n) is 5.85. The monoisotopic (exact) mass is 507 g/mol. The van der Waals surface area contributed by atoms with E-state index in [1.165, 1.54) is 12.7 Å². The van der Waals surface area contributed by atoms with Crippen LogP contribution >= 0.6 is 12.4 Å². The maximum Gasteiger partial charge on any atom is 0.237 e. The summed E-state index contributed by atoms with van der Waals surface area (Å²) in [5.41, 5.74) is 7.98. The molecule has 5 atom stereocenters. The number of aliphatic hydroxyl groups excluding tert-OH is 2. The van der Waals surface area contributed by atoms with Gasteiger partial charge in [-0.2, -0.15) is 0 Å². The van der Waals surface area contributed by atoms with Crippen molar-refractivity contribution in [1.29, 1.82) is 0 Å². The van der Waals surface area contributed by atoms with E-state index in [2.05, 4.69) is 20.3 Å². The Bertz CT molecular complexity index is 1140. The summed E-state index contributed by atoms with van der Waals surface area (Å²) in [6.45, 7) is -0.406. The van der Waals surface area contributed by atoms with Gasteiger partial charge in [-0.05, 0) is 24.1 Å². The van der Waals surface area contributed by atoms with Crippen molar-refractivity contribution in [1.82, 2.24) is 24.8 Å². The molecule has 0 radical (unpaired) electrons. The average molecular weight is 508 g/mol. The molecule has 1 unspecified atom stereocenters. The number of aliphatic hydroxyl groups is 2. The number of nitrogens with one attached hydrogen (secondary N) is 1. The molecule has 1 fully saturated rings. The van der Waals surface area contributed by atoms with Crippen LogP contribution in [-0.4, -0.2) is 87.7 Å². The van der Waals surface area contributed by atoms with E-state index in [9.17, 15) is 15.0 Å². The van der Waals surface area contributed by atoms with Crippen molar-refractivity contribution in [2.24, 2.45) is 5.73 Å². The zero-order chi connectivity index (χ0) is 24.4. The van der Waals surface area contributed by atoms with E-state index in [-0.39, 0.29) is 12.4 Å². The number of hydrogen-bond acceptors (Lipinski definition) is 10. The lowest BCUT2D eigenvalue weighted by Gasteiger charge is -2.23. The molecule has 1 aromatic carbocycles. The number of carbonyl (C=O) groups is 1. The topological polar surface area (TPSA) is 161 Å². The van der Waals surface area contributed by atoms with Crippen molar-refractivity contribution in [3.63, 3.8) is 0 Å². The summed E-state index contributed by atoms with van der Waals surface area (Å²) in [5.74, 6) is 0.861. The average Bonchev–Trinajstić information content (AvgIpc) is 3.40. The molecule has 3 heterocycles. The smallest absolute Gasteiger partial charge is 0.237 e. The van der Waals surface area contributed by atoms with E-state index >= 15 is 0 Å². The van der Waals surface area contributed by atoms with Gasteiger partial charge in [0.15, 0.2) is 23.2 Å². The van der Waals surface area contributed by atoms with E-state index in [1.807, 2.05) is 26.2 Å². The van der Waals surface area contributed by atoms with Gasteiger partial charge in [-0.1, -0.05) is 12.1 Å². The van der Waals surface area contributed by atoms with Gasteiger partial charge in [-0.15, -0.1) is 12.4 Å². The maximum atomic E-state index is 12.8. The van der Waals surface area contributed by atoms with Crippen molar-refractivity contribution < 1.29 is 24.5 Å². The first kappa shape index (κ1) is 26.6. The Morgan fingerprint density at radius 3 is 2.63 bits per heavy atom. The first-order chi connectivity index (χ1) is 16.3. The van der Waals surface area contributed by atoms with Crippen molar-refractivity contribution in [3.05, 3.63) is 42.5 Å². The van der Waals surface area contributed by atoms with Gasteiger partial charge in [0.1, 0.15) is 24.3 Å². The number of amides is 1. The molecule has 4 rings (SSSR count). The summed E-state index contributed by atoms with van der Waals surface area (Å²) >= 11 is 0. The van der Waals surface area contributed by atoms with E-state index in [0.717, 1.165) is 5.56 Å². The number of imidazole rings is 1. The highest BCUT2D eigenvalue weighted by atomic mass is 35.5. The second-order valence-corrected chi connectivity index (χ2v) is 8.35. The highest BCUT2D eigenvalue weighted by molar-refractivity contribution is 5.85. The zero-order valence-corrected chi connectivity index (χ0v) is 20.4. The molecule has 0 aliphatic carbocycles. The van der Waals surface area contributed by atoms with Crippen LogP contribution in [0.1, 0.15) is 11.8 Å². The third-order valence-corrected chi connectivity index (χ3v) is 5.85. The number of nitrogens with zero attached hydrogens (tertiary/aromatic N) is 5. The summed E-state index contributed by atoms with van der Waals surface area (Å²) in [4.78, 5) is 27.5. The molecular formula is C22H30ClN7O5. The van der Waals surface area contributed by atoms with Crippen molar-refractivity contribution in [3.8, 4) is 5.75 Å². The van der Waals surface area contributed by atoms with Crippen molar-refractivity contribution >= 4 is 35.3 Å². The lowest BCUT2D eigenvalue weighted by Crippen LogP contribution is -2.53. The minimum Gasteiger partial charge on any atom is -0.497 e. The van der Waals surface area contributed by atoms with Crippen molar-refractivity contribution in [2.75, 3.05) is 32.7 Å². The van der Waals surface area contributed by atoms with Crippen LogP contribution in [0.2, 0.25) is 0 Å². The van der Waals surface area contributed by atoms with Crippen LogP contribution in [0, 0.1) is 0 Å². The predicted molar refractivity (Wildman–Crippen MR) is 131 cm³/mol. The van der Waals surface area contributed by atoms with E-state index in [4.69, 9.17) is 15.2 Å². The molecule has 3 aromatic rings. The number of benzene rings is 1. The number of halogens is 1. The van der Waals surface area contributed by atoms with Crippen LogP contribution in [-0.2, 0) is 16.0 Å². The largest absolute Gasteiger partial charge is 0.497 e. The molecular weight excluding hydrogens is 478 g/mol. The van der Waals surface area contributed by atoms with Crippen LogP contribution in [0.15, 0.2) is 36.9 Å². The van der Waals surface area contributed by atoms with E-state index in [0.29, 0.717) is 29.2 Å². The van der Waals surface area contributed by atoms with Crippen LogP contribution in [0.3, 0.4) is 0 Å². The zero-order valence-electron chi connectivity index (χ0n) is 19.6. The van der Waals surface area contributed by atoms with Crippen LogP contribution in [0.5, 0.6) is 5.75 Å². The SMILES string of the molecule is COc1ccc(C[C@H](N)C(=O)NC2[C@@H](CO)O[C@@H](n3cnc4c(N(C)C)ncnc43)[C@H]2O)cc1.Cl. The van der Waals surface area contributed by atoms with Gasteiger partial charge in [0.05, 0.1) is 32.1 Å². The Balaban J connectivity index is 0.00000342. The van der Waals surface area contributed by atoms with Gasteiger partial charge >= 0.3 is 0 Å². The molecule has 0 saturated carbocycles. The number of hydrogen-bond donors (Lipinski definition) is 4. The molecule has 35 heavy (non-hydrogen) atoms. The Kier molecular flexibility index (Phi) is 8.46. The highest BCUT2D eigenvalue weighted by Crippen LogP contribution is 2.32. The first-order valence-electron chi connectivity index (χ1n) is 10.8. The van der Waals surface area contributed by atoms with E-state index < -0.39 is 43.0 Å². The first-order valence-corrected chi connectivity index (χ1v) is 10.8. The number of aromatic nitrogens is 4. The maximum absolute atomic E-state index is 12.8. The fourth-order valence-electron chi connectivity index (χ4n) is 4.04. The minimum absolute atomic E-state index is 0. The number of methoxy groups -OCH3 is 1. The predicted octanol–water partition coefficient (Wildman–Crippen LogP) is -0.372. The number of fused-ring (bicyclic) bond motifs is 1. The fourth-order valence-corrected chi connectivity index (χ4v) is 4.04. The van der Waals surface area contributed by atoms with Gasteiger partial charge < -0.3 is 35.6 Å². The van der Waals surface area contributed by atoms with Gasteiger partial charge in [-0.25, -0.2) is 15.0 Å². The van der Waals surface area contributed by atoms with Gasteiger partial charge in [-0.3, -0.25) is 9.36 Å². The molecule has 2 aromatic heterocycles. The summed E-state index contributed by atoms with van der Waals surface area (Å²) in [6, 6.07) is 5.52. The summed E-state index contributed by atoms with van der Waals surface area (Å²) < 4.78 is 12.6. The number of rotatable bonds is 8. The minimum atomic E-state index is -1.18. The quantitative estimate of drug-likeness (QED) is 0.316. The molecule has 1 aliphatic rings. The summed E-state index contributed by atoms with van der Waals surface area (Å²) in [6.07, 6.45) is 0.250. The van der Waals surface area contributed by atoms with Crippen LogP contribution in [0.4, 0.5) is 5.82 Å². The van der Waals surface area contributed by atoms with Gasteiger partial charge in [0.2, 0.25) is 5.91 Å². The molecule has 5 N–H and O–H groups in total. The Morgan fingerprint density at radius 1 is 1.29 bits per heavy atom. The molecule has 0 bridgehead atoms. The molecule has 1 saturated heterocycles. The highest BCUT2D eigenvalue weighted by Gasteiger charge is 2.46. The number of anilines is 1. The molecule has 0 spiro atoms. The fraction of sp³-hybridized carbons (Fsp3) is 0.455.